The minimum Gasteiger partial charge on any atom is -0.468 e. The van der Waals surface area contributed by atoms with Crippen molar-refractivity contribution >= 4 is 5.97 Å². The van der Waals surface area contributed by atoms with Crippen molar-refractivity contribution in [2.75, 3.05) is 27.4 Å². The molecule has 0 aliphatic heterocycles. The first-order chi connectivity index (χ1) is 9.56. The van der Waals surface area contributed by atoms with Gasteiger partial charge in [0.25, 0.3) is 0 Å². The number of hydrogen-bond acceptors (Lipinski definition) is 4. The Morgan fingerprint density at radius 3 is 2.75 bits per heavy atom. The summed E-state index contributed by atoms with van der Waals surface area (Å²) in [7, 11) is 3.33. The third kappa shape index (κ3) is 4.45. The van der Waals surface area contributed by atoms with Crippen molar-refractivity contribution in [2.45, 2.75) is 57.9 Å². The Balaban J connectivity index is 2.33. The third-order valence-corrected chi connectivity index (χ3v) is 4.50. The van der Waals surface area contributed by atoms with Crippen molar-refractivity contribution in [1.29, 1.82) is 0 Å². The molecule has 1 fully saturated rings. The fourth-order valence-corrected chi connectivity index (χ4v) is 3.27. The van der Waals surface area contributed by atoms with Gasteiger partial charge in [-0.1, -0.05) is 20.3 Å². The van der Waals surface area contributed by atoms with E-state index in [-0.39, 0.29) is 5.97 Å². The van der Waals surface area contributed by atoms with Crippen molar-refractivity contribution in [3.63, 3.8) is 0 Å². The number of nitrogens with one attached hydrogen (secondary N) is 1. The van der Waals surface area contributed by atoms with E-state index < -0.39 is 5.54 Å². The van der Waals surface area contributed by atoms with Crippen LogP contribution in [0.1, 0.15) is 52.4 Å². The molecule has 4 heteroatoms. The van der Waals surface area contributed by atoms with Crippen LogP contribution in [0.15, 0.2) is 0 Å². The molecule has 0 radical (unpaired) electrons. The second kappa shape index (κ2) is 8.63. The molecule has 0 bridgehead atoms. The molecule has 0 heterocycles. The van der Waals surface area contributed by atoms with Crippen LogP contribution in [-0.4, -0.2) is 38.9 Å². The molecule has 1 aliphatic rings. The summed E-state index contributed by atoms with van der Waals surface area (Å²) in [4.78, 5) is 12.1. The molecule has 0 saturated heterocycles. The van der Waals surface area contributed by atoms with Gasteiger partial charge in [0.05, 0.1) is 7.11 Å². The molecule has 0 aromatic rings. The zero-order valence-corrected chi connectivity index (χ0v) is 13.5. The predicted molar refractivity (Wildman–Crippen MR) is 80.7 cm³/mol. The summed E-state index contributed by atoms with van der Waals surface area (Å²) < 4.78 is 10.7. The van der Waals surface area contributed by atoms with Crippen molar-refractivity contribution in [3.05, 3.63) is 0 Å². The van der Waals surface area contributed by atoms with Crippen LogP contribution in [0.2, 0.25) is 0 Å². The maximum Gasteiger partial charge on any atom is 0.326 e. The van der Waals surface area contributed by atoms with E-state index in [4.69, 9.17) is 9.47 Å². The lowest BCUT2D eigenvalue weighted by Gasteiger charge is -2.32. The fourth-order valence-electron chi connectivity index (χ4n) is 3.27. The Labute approximate surface area is 123 Å². The first-order valence-corrected chi connectivity index (χ1v) is 7.92. The third-order valence-electron chi connectivity index (χ3n) is 4.50. The van der Waals surface area contributed by atoms with Crippen LogP contribution in [0.3, 0.4) is 0 Å². The van der Waals surface area contributed by atoms with E-state index in [0.717, 1.165) is 51.2 Å². The Hall–Kier alpha value is -0.610. The summed E-state index contributed by atoms with van der Waals surface area (Å²) in [5.74, 6) is 0.942. The topological polar surface area (TPSA) is 47.6 Å². The molecule has 20 heavy (non-hydrogen) atoms. The Kier molecular flexibility index (Phi) is 7.52. The average Bonchev–Trinajstić information content (AvgIpc) is 2.85. The standard InChI is InChI=1S/C16H31NO3/c1-13(2)7-6-11-20-12-9-14-8-5-10-16(14,17-3)15(18)19-4/h13-14,17H,5-12H2,1-4H3. The van der Waals surface area contributed by atoms with Gasteiger partial charge in [0.15, 0.2) is 0 Å². The van der Waals surface area contributed by atoms with Gasteiger partial charge in [-0.3, -0.25) is 4.79 Å². The van der Waals surface area contributed by atoms with Crippen LogP contribution in [0.25, 0.3) is 0 Å². The van der Waals surface area contributed by atoms with Crippen molar-refractivity contribution < 1.29 is 14.3 Å². The maximum absolute atomic E-state index is 12.1. The number of carbonyl (C=O) groups excluding carboxylic acids is 1. The zero-order chi connectivity index (χ0) is 15.0. The molecule has 1 aliphatic carbocycles. The molecule has 0 spiro atoms. The molecular weight excluding hydrogens is 254 g/mol. The number of hydrogen-bond donors (Lipinski definition) is 1. The number of carbonyl (C=O) groups is 1. The Morgan fingerprint density at radius 1 is 1.40 bits per heavy atom. The highest BCUT2D eigenvalue weighted by Crippen LogP contribution is 2.38. The molecule has 4 nitrogen and oxygen atoms in total. The molecule has 0 amide bonds. The lowest BCUT2D eigenvalue weighted by Crippen LogP contribution is -2.54. The van der Waals surface area contributed by atoms with Gasteiger partial charge >= 0.3 is 5.97 Å². The van der Waals surface area contributed by atoms with Gasteiger partial charge in [0.1, 0.15) is 5.54 Å². The van der Waals surface area contributed by atoms with Gasteiger partial charge in [-0.15, -0.1) is 0 Å². The summed E-state index contributed by atoms with van der Waals surface area (Å²) in [6.07, 6.45) is 6.29. The van der Waals surface area contributed by atoms with Crippen LogP contribution < -0.4 is 5.32 Å². The smallest absolute Gasteiger partial charge is 0.326 e. The second-order valence-corrected chi connectivity index (χ2v) is 6.24. The SMILES string of the molecule is CNC1(C(=O)OC)CCCC1CCOCCCC(C)C. The zero-order valence-electron chi connectivity index (χ0n) is 13.5. The number of likely N-dealkylation sites (N-methyl/N-ethyl adjacent to an activating group) is 1. The van der Waals surface area contributed by atoms with Crippen molar-refractivity contribution in [2.24, 2.45) is 11.8 Å². The number of rotatable bonds is 9. The summed E-state index contributed by atoms with van der Waals surface area (Å²) >= 11 is 0. The van der Waals surface area contributed by atoms with Gasteiger partial charge in [0.2, 0.25) is 0 Å². The highest BCUT2D eigenvalue weighted by atomic mass is 16.5. The van der Waals surface area contributed by atoms with Gasteiger partial charge < -0.3 is 14.8 Å². The second-order valence-electron chi connectivity index (χ2n) is 6.24. The van der Waals surface area contributed by atoms with Crippen LogP contribution in [-0.2, 0) is 14.3 Å². The Bertz CT molecular complexity index is 293. The van der Waals surface area contributed by atoms with Crippen LogP contribution in [0, 0.1) is 11.8 Å². The van der Waals surface area contributed by atoms with E-state index in [1.807, 2.05) is 7.05 Å². The first kappa shape index (κ1) is 17.4. The Morgan fingerprint density at radius 2 is 2.15 bits per heavy atom. The van der Waals surface area contributed by atoms with E-state index in [9.17, 15) is 4.79 Å². The molecule has 1 rings (SSSR count). The van der Waals surface area contributed by atoms with E-state index in [0.29, 0.717) is 5.92 Å². The minimum atomic E-state index is -0.490. The largest absolute Gasteiger partial charge is 0.468 e. The van der Waals surface area contributed by atoms with Gasteiger partial charge in [-0.2, -0.15) is 0 Å². The van der Waals surface area contributed by atoms with Gasteiger partial charge in [0, 0.05) is 13.2 Å². The summed E-state index contributed by atoms with van der Waals surface area (Å²) in [5.41, 5.74) is -0.490. The molecule has 1 saturated carbocycles. The summed E-state index contributed by atoms with van der Waals surface area (Å²) in [5, 5.41) is 3.22. The minimum absolute atomic E-state index is 0.123. The number of esters is 1. The molecular formula is C16H31NO3. The average molecular weight is 285 g/mol. The normalized spacial score (nSPS) is 26.1. The predicted octanol–water partition coefficient (Wildman–Crippen LogP) is 2.76. The molecule has 0 aromatic heterocycles. The van der Waals surface area contributed by atoms with Gasteiger partial charge in [-0.25, -0.2) is 0 Å². The van der Waals surface area contributed by atoms with Crippen LogP contribution >= 0.6 is 0 Å². The molecule has 2 unspecified atom stereocenters. The maximum atomic E-state index is 12.1. The van der Waals surface area contributed by atoms with Gasteiger partial charge in [-0.05, 0) is 51.0 Å². The van der Waals surface area contributed by atoms with E-state index >= 15 is 0 Å². The quantitative estimate of drug-likeness (QED) is 0.523. The monoisotopic (exact) mass is 285 g/mol. The van der Waals surface area contributed by atoms with Crippen molar-refractivity contribution in [3.8, 4) is 0 Å². The molecule has 0 aromatic carbocycles. The number of ether oxygens (including phenoxy) is 2. The highest BCUT2D eigenvalue weighted by Gasteiger charge is 2.48. The molecule has 2 atom stereocenters. The van der Waals surface area contributed by atoms with E-state index in [1.54, 1.807) is 0 Å². The fraction of sp³-hybridized carbons (Fsp3) is 0.938. The molecule has 1 N–H and O–H groups in total. The summed E-state index contributed by atoms with van der Waals surface area (Å²) in [6, 6.07) is 0. The lowest BCUT2D eigenvalue weighted by atomic mass is 9.85. The van der Waals surface area contributed by atoms with Crippen LogP contribution in [0.4, 0.5) is 0 Å². The molecule has 118 valence electrons. The van der Waals surface area contributed by atoms with Crippen molar-refractivity contribution in [1.82, 2.24) is 5.32 Å². The lowest BCUT2D eigenvalue weighted by molar-refractivity contribution is -0.150. The first-order valence-electron chi connectivity index (χ1n) is 7.92. The summed E-state index contributed by atoms with van der Waals surface area (Å²) in [6.45, 7) is 6.03. The van der Waals surface area contributed by atoms with E-state index in [1.165, 1.54) is 13.5 Å². The highest BCUT2D eigenvalue weighted by molar-refractivity contribution is 5.81. The number of methoxy groups -OCH3 is 1. The van der Waals surface area contributed by atoms with Crippen LogP contribution in [0.5, 0.6) is 0 Å². The van der Waals surface area contributed by atoms with E-state index in [2.05, 4.69) is 19.2 Å².